The highest BCUT2D eigenvalue weighted by atomic mass is 32.2. The molecule has 2 aromatic carbocycles. The van der Waals surface area contributed by atoms with Gasteiger partial charge in [0.15, 0.2) is 11.0 Å². The van der Waals surface area contributed by atoms with Gasteiger partial charge in [-0.05, 0) is 31.5 Å². The molecule has 0 fully saturated rings. The summed E-state index contributed by atoms with van der Waals surface area (Å²) >= 11 is 1.29. The molecule has 27 heavy (non-hydrogen) atoms. The van der Waals surface area contributed by atoms with Gasteiger partial charge >= 0.3 is 0 Å². The monoisotopic (exact) mass is 384 g/mol. The second kappa shape index (κ2) is 8.81. The molecule has 7 heteroatoms. The Morgan fingerprint density at radius 3 is 2.74 bits per heavy atom. The molecule has 1 heterocycles. The van der Waals surface area contributed by atoms with Crippen molar-refractivity contribution >= 4 is 23.4 Å². The number of thioether (sulfide) groups is 1. The van der Waals surface area contributed by atoms with E-state index >= 15 is 0 Å². The molecular formula is C20H21FN4OS. The lowest BCUT2D eigenvalue weighted by molar-refractivity contribution is -0.113. The Balaban J connectivity index is 1.73. The summed E-state index contributed by atoms with van der Waals surface area (Å²) in [5.41, 5.74) is 2.33. The number of para-hydroxylation sites is 1. The number of hydrogen-bond acceptors (Lipinski definition) is 4. The molecule has 3 aromatic rings. The van der Waals surface area contributed by atoms with E-state index in [-0.39, 0.29) is 17.3 Å². The van der Waals surface area contributed by atoms with E-state index in [0.717, 1.165) is 29.9 Å². The Kier molecular flexibility index (Phi) is 6.24. The number of halogens is 1. The number of carbonyl (C=O) groups is 1. The number of nitrogens with one attached hydrogen (secondary N) is 1. The molecule has 3 rings (SSSR count). The van der Waals surface area contributed by atoms with Crippen LogP contribution in [-0.2, 0) is 11.3 Å². The van der Waals surface area contributed by atoms with Crippen molar-refractivity contribution in [3.05, 3.63) is 59.9 Å². The number of benzene rings is 2. The predicted molar refractivity (Wildman–Crippen MR) is 106 cm³/mol. The van der Waals surface area contributed by atoms with Gasteiger partial charge in [0.1, 0.15) is 5.82 Å². The molecule has 5 nitrogen and oxygen atoms in total. The maximum atomic E-state index is 13.7. The maximum absolute atomic E-state index is 13.7. The van der Waals surface area contributed by atoms with E-state index < -0.39 is 5.82 Å². The molecule has 0 bridgehead atoms. The second-order valence-electron chi connectivity index (χ2n) is 6.14. The molecule has 1 amide bonds. The summed E-state index contributed by atoms with van der Waals surface area (Å²) in [6.07, 6.45) is 0.922. The first-order valence-corrected chi connectivity index (χ1v) is 9.74. The fourth-order valence-electron chi connectivity index (χ4n) is 2.70. The summed E-state index contributed by atoms with van der Waals surface area (Å²) in [6.45, 7) is 4.87. The van der Waals surface area contributed by atoms with Crippen LogP contribution in [0.5, 0.6) is 0 Å². The topological polar surface area (TPSA) is 59.8 Å². The minimum atomic E-state index is -0.452. The van der Waals surface area contributed by atoms with E-state index in [1.54, 1.807) is 12.1 Å². The Bertz CT molecular complexity index is 941. The van der Waals surface area contributed by atoms with Crippen molar-refractivity contribution in [3.8, 4) is 11.4 Å². The lowest BCUT2D eigenvalue weighted by Gasteiger charge is -2.10. The zero-order valence-corrected chi connectivity index (χ0v) is 16.1. The first-order valence-electron chi connectivity index (χ1n) is 8.76. The summed E-state index contributed by atoms with van der Waals surface area (Å²) in [4.78, 5) is 12.2. The molecule has 0 saturated heterocycles. The summed E-state index contributed by atoms with van der Waals surface area (Å²) in [5.74, 6) is 0.182. The van der Waals surface area contributed by atoms with Crippen LogP contribution in [0.25, 0.3) is 11.4 Å². The number of aromatic nitrogens is 3. The fourth-order valence-corrected chi connectivity index (χ4v) is 3.46. The van der Waals surface area contributed by atoms with Crippen LogP contribution in [0.4, 0.5) is 10.1 Å². The molecule has 1 N–H and O–H groups in total. The molecule has 0 radical (unpaired) electrons. The van der Waals surface area contributed by atoms with E-state index in [9.17, 15) is 9.18 Å². The maximum Gasteiger partial charge on any atom is 0.234 e. The number of amides is 1. The van der Waals surface area contributed by atoms with Crippen LogP contribution >= 0.6 is 11.8 Å². The average molecular weight is 384 g/mol. The standard InChI is InChI=1S/C20H21FN4OS/c1-3-11-25-19(15-8-6-7-14(2)12-15)23-24-20(25)27-13-18(26)22-17-10-5-4-9-16(17)21/h4-10,12H,3,11,13H2,1-2H3,(H,22,26). The van der Waals surface area contributed by atoms with Gasteiger partial charge in [0.05, 0.1) is 11.4 Å². The van der Waals surface area contributed by atoms with Gasteiger partial charge < -0.3 is 9.88 Å². The molecule has 0 aliphatic carbocycles. The van der Waals surface area contributed by atoms with Gasteiger partial charge in [-0.1, -0.05) is 54.6 Å². The van der Waals surface area contributed by atoms with Crippen molar-refractivity contribution in [2.45, 2.75) is 32.0 Å². The zero-order chi connectivity index (χ0) is 19.2. The van der Waals surface area contributed by atoms with Gasteiger partial charge in [-0.3, -0.25) is 4.79 Å². The quantitative estimate of drug-likeness (QED) is 0.608. The number of carbonyl (C=O) groups excluding carboxylic acids is 1. The number of anilines is 1. The van der Waals surface area contributed by atoms with Crippen LogP contribution in [0.2, 0.25) is 0 Å². The average Bonchev–Trinajstić information content (AvgIpc) is 3.05. The fraction of sp³-hybridized carbons (Fsp3) is 0.250. The molecule has 0 aliphatic rings. The Labute approximate surface area is 162 Å². The largest absolute Gasteiger partial charge is 0.323 e. The Morgan fingerprint density at radius 1 is 1.19 bits per heavy atom. The third kappa shape index (κ3) is 4.74. The van der Waals surface area contributed by atoms with Crippen molar-refractivity contribution < 1.29 is 9.18 Å². The molecule has 0 atom stereocenters. The summed E-state index contributed by atoms with van der Waals surface area (Å²) in [7, 11) is 0. The smallest absolute Gasteiger partial charge is 0.234 e. The van der Waals surface area contributed by atoms with Gasteiger partial charge in [0.2, 0.25) is 5.91 Å². The van der Waals surface area contributed by atoms with Crippen LogP contribution in [0.1, 0.15) is 18.9 Å². The number of hydrogen-bond donors (Lipinski definition) is 1. The molecule has 140 valence electrons. The van der Waals surface area contributed by atoms with E-state index in [1.807, 2.05) is 29.7 Å². The third-order valence-corrected chi connectivity index (χ3v) is 4.89. The summed E-state index contributed by atoms with van der Waals surface area (Å²) in [5, 5.41) is 11.8. The van der Waals surface area contributed by atoms with Crippen molar-refractivity contribution in [1.82, 2.24) is 14.8 Å². The summed E-state index contributed by atoms with van der Waals surface area (Å²) in [6, 6.07) is 14.2. The van der Waals surface area contributed by atoms with Crippen molar-refractivity contribution in [3.63, 3.8) is 0 Å². The minimum Gasteiger partial charge on any atom is -0.323 e. The molecule has 0 unspecified atom stereocenters. The lowest BCUT2D eigenvalue weighted by atomic mass is 10.1. The normalized spacial score (nSPS) is 10.8. The van der Waals surface area contributed by atoms with Crippen LogP contribution in [0, 0.1) is 12.7 Å². The first-order chi connectivity index (χ1) is 13.1. The van der Waals surface area contributed by atoms with Gasteiger partial charge in [-0.2, -0.15) is 0 Å². The highest BCUT2D eigenvalue weighted by molar-refractivity contribution is 7.99. The van der Waals surface area contributed by atoms with Crippen molar-refractivity contribution in [2.75, 3.05) is 11.1 Å². The van der Waals surface area contributed by atoms with Gasteiger partial charge in [-0.25, -0.2) is 4.39 Å². The summed E-state index contributed by atoms with van der Waals surface area (Å²) < 4.78 is 15.7. The lowest BCUT2D eigenvalue weighted by Crippen LogP contribution is -2.15. The molecule has 1 aromatic heterocycles. The van der Waals surface area contributed by atoms with Crippen LogP contribution in [-0.4, -0.2) is 26.4 Å². The van der Waals surface area contributed by atoms with Gasteiger partial charge in [0.25, 0.3) is 0 Å². The van der Waals surface area contributed by atoms with Crippen LogP contribution in [0.3, 0.4) is 0 Å². The van der Waals surface area contributed by atoms with Crippen molar-refractivity contribution in [2.24, 2.45) is 0 Å². The SMILES string of the molecule is CCCn1c(SCC(=O)Nc2ccccc2F)nnc1-c1cccc(C)c1. The molecule has 0 aliphatic heterocycles. The Hall–Kier alpha value is -2.67. The van der Waals surface area contributed by atoms with E-state index in [1.165, 1.54) is 23.9 Å². The van der Waals surface area contributed by atoms with Gasteiger partial charge in [-0.15, -0.1) is 10.2 Å². The first kappa shape index (κ1) is 19.1. The van der Waals surface area contributed by atoms with Crippen molar-refractivity contribution in [1.29, 1.82) is 0 Å². The van der Waals surface area contributed by atoms with E-state index in [0.29, 0.717) is 5.16 Å². The highest BCUT2D eigenvalue weighted by Crippen LogP contribution is 2.25. The van der Waals surface area contributed by atoms with Crippen LogP contribution in [0.15, 0.2) is 53.7 Å². The second-order valence-corrected chi connectivity index (χ2v) is 7.09. The zero-order valence-electron chi connectivity index (χ0n) is 15.3. The third-order valence-electron chi connectivity index (χ3n) is 3.92. The molecule has 0 saturated carbocycles. The highest BCUT2D eigenvalue weighted by Gasteiger charge is 2.16. The molecular weight excluding hydrogens is 363 g/mol. The minimum absolute atomic E-state index is 0.129. The van der Waals surface area contributed by atoms with E-state index in [4.69, 9.17) is 0 Å². The van der Waals surface area contributed by atoms with E-state index in [2.05, 4.69) is 28.5 Å². The number of nitrogens with zero attached hydrogens (tertiary/aromatic N) is 3. The number of aryl methyl sites for hydroxylation is 1. The van der Waals surface area contributed by atoms with Gasteiger partial charge in [0, 0.05) is 12.1 Å². The Morgan fingerprint density at radius 2 is 2.00 bits per heavy atom. The number of rotatable bonds is 7. The van der Waals surface area contributed by atoms with Crippen LogP contribution < -0.4 is 5.32 Å². The predicted octanol–water partition coefficient (Wildman–Crippen LogP) is 4.53. The molecule has 0 spiro atoms.